The largest absolute Gasteiger partial charge is 0.357 e. The zero-order valence-electron chi connectivity index (χ0n) is 13.2. The summed E-state index contributed by atoms with van der Waals surface area (Å²) in [5, 5.41) is 13.7. The van der Waals surface area contributed by atoms with Crippen molar-refractivity contribution in [3.63, 3.8) is 0 Å². The number of hydrogen-bond donors (Lipinski definition) is 2. The molecule has 22 heavy (non-hydrogen) atoms. The number of likely N-dealkylation sites (N-methyl/N-ethyl adjacent to an activating group) is 1. The number of carbonyl (C=O) groups is 2. The van der Waals surface area contributed by atoms with Crippen LogP contribution in [0.1, 0.15) is 32.3 Å². The summed E-state index contributed by atoms with van der Waals surface area (Å²) >= 11 is 5.83. The van der Waals surface area contributed by atoms with Crippen molar-refractivity contribution < 1.29 is 14.8 Å². The molecule has 0 fully saturated rings. The fraction of sp³-hybridized carbons (Fsp3) is 0.500. The molecule has 0 saturated heterocycles. The van der Waals surface area contributed by atoms with Gasteiger partial charge in [0.25, 0.3) is 0 Å². The van der Waals surface area contributed by atoms with E-state index in [0.717, 1.165) is 5.56 Å². The molecule has 0 heterocycles. The molecule has 2 amide bonds. The highest BCUT2D eigenvalue weighted by atomic mass is 35.5. The molecule has 0 aliphatic heterocycles. The predicted octanol–water partition coefficient (Wildman–Crippen LogP) is 2.65. The van der Waals surface area contributed by atoms with Crippen molar-refractivity contribution in [2.24, 2.45) is 5.92 Å². The average molecular weight is 327 g/mol. The number of hydrogen-bond acceptors (Lipinski definition) is 3. The fourth-order valence-electron chi connectivity index (χ4n) is 2.00. The number of nitrogens with one attached hydrogen (secondary N) is 1. The molecule has 0 unspecified atom stereocenters. The summed E-state index contributed by atoms with van der Waals surface area (Å²) in [7, 11) is 1.48. The van der Waals surface area contributed by atoms with Gasteiger partial charge in [-0.3, -0.25) is 14.8 Å². The number of halogens is 1. The summed E-state index contributed by atoms with van der Waals surface area (Å²) in [6.45, 7) is 4.00. The van der Waals surface area contributed by atoms with Gasteiger partial charge >= 0.3 is 0 Å². The zero-order valence-corrected chi connectivity index (χ0v) is 13.9. The van der Waals surface area contributed by atoms with Crippen molar-refractivity contribution in [1.29, 1.82) is 0 Å². The average Bonchev–Trinajstić information content (AvgIpc) is 2.50. The molecule has 6 heteroatoms. The standard InChI is InChI=1S/C16H23ClN2O3/c1-11(2)4-9-15(20)19(22)14(16(21)18-3)10-12-5-7-13(17)8-6-12/h5-8,11,14,22H,4,9-10H2,1-3H3,(H,18,21)/t14-/m0/s1. The van der Waals surface area contributed by atoms with Crippen molar-refractivity contribution in [3.05, 3.63) is 34.9 Å². The molecular weight excluding hydrogens is 304 g/mol. The Bertz CT molecular complexity index is 503. The van der Waals surface area contributed by atoms with Gasteiger partial charge < -0.3 is 5.32 Å². The lowest BCUT2D eigenvalue weighted by atomic mass is 10.0. The molecule has 1 atom stereocenters. The number of nitrogens with zero attached hydrogens (tertiary/aromatic N) is 1. The lowest BCUT2D eigenvalue weighted by Gasteiger charge is -2.25. The van der Waals surface area contributed by atoms with E-state index in [-0.39, 0.29) is 12.8 Å². The molecule has 122 valence electrons. The minimum Gasteiger partial charge on any atom is -0.357 e. The van der Waals surface area contributed by atoms with Gasteiger partial charge in [0.2, 0.25) is 11.8 Å². The molecule has 0 saturated carbocycles. The van der Waals surface area contributed by atoms with Gasteiger partial charge in [0.1, 0.15) is 6.04 Å². The highest BCUT2D eigenvalue weighted by Gasteiger charge is 2.28. The Balaban J connectivity index is 2.81. The van der Waals surface area contributed by atoms with Gasteiger partial charge in [0, 0.05) is 24.9 Å². The van der Waals surface area contributed by atoms with Crippen LogP contribution in [0, 0.1) is 5.92 Å². The molecule has 0 bridgehead atoms. The summed E-state index contributed by atoms with van der Waals surface area (Å²) in [5.41, 5.74) is 0.814. The van der Waals surface area contributed by atoms with Gasteiger partial charge in [0.15, 0.2) is 0 Å². The quantitative estimate of drug-likeness (QED) is 0.598. The molecule has 1 aromatic rings. The van der Waals surface area contributed by atoms with E-state index in [1.54, 1.807) is 24.3 Å². The highest BCUT2D eigenvalue weighted by Crippen LogP contribution is 2.14. The van der Waals surface area contributed by atoms with E-state index in [1.165, 1.54) is 7.05 Å². The molecule has 0 aliphatic rings. The first kappa shape index (κ1) is 18.5. The molecule has 5 nitrogen and oxygen atoms in total. The Kier molecular flexibility index (Phi) is 7.35. The summed E-state index contributed by atoms with van der Waals surface area (Å²) in [6, 6.07) is 6.00. The van der Waals surface area contributed by atoms with Gasteiger partial charge in [-0.1, -0.05) is 37.6 Å². The Morgan fingerprint density at radius 2 is 1.86 bits per heavy atom. The van der Waals surface area contributed by atoms with Crippen LogP contribution in [0.4, 0.5) is 0 Å². The molecule has 0 radical (unpaired) electrons. The maximum atomic E-state index is 12.0. The topological polar surface area (TPSA) is 69.6 Å². The third-order valence-electron chi connectivity index (χ3n) is 3.38. The maximum absolute atomic E-state index is 12.0. The minimum atomic E-state index is -0.953. The zero-order chi connectivity index (χ0) is 16.7. The normalized spacial score (nSPS) is 12.1. The Hall–Kier alpha value is -1.59. The van der Waals surface area contributed by atoms with E-state index >= 15 is 0 Å². The van der Waals surface area contributed by atoms with E-state index in [0.29, 0.717) is 22.4 Å². The second-order valence-corrected chi connectivity index (χ2v) is 6.07. The first-order valence-electron chi connectivity index (χ1n) is 7.32. The molecule has 0 aromatic heterocycles. The summed E-state index contributed by atoms with van der Waals surface area (Å²) in [4.78, 5) is 24.0. The van der Waals surface area contributed by atoms with Crippen LogP contribution in [0.25, 0.3) is 0 Å². The van der Waals surface area contributed by atoms with Crippen molar-refractivity contribution in [2.75, 3.05) is 7.05 Å². The van der Waals surface area contributed by atoms with Crippen LogP contribution in [-0.4, -0.2) is 35.2 Å². The first-order chi connectivity index (χ1) is 10.3. The maximum Gasteiger partial charge on any atom is 0.246 e. The number of hydroxylamine groups is 2. The number of benzene rings is 1. The first-order valence-corrected chi connectivity index (χ1v) is 7.70. The van der Waals surface area contributed by atoms with Gasteiger partial charge in [-0.05, 0) is 30.0 Å². The predicted molar refractivity (Wildman–Crippen MR) is 85.7 cm³/mol. The second kappa shape index (κ2) is 8.76. The monoisotopic (exact) mass is 326 g/mol. The van der Waals surface area contributed by atoms with Crippen LogP contribution in [0.2, 0.25) is 5.02 Å². The second-order valence-electron chi connectivity index (χ2n) is 5.63. The van der Waals surface area contributed by atoms with Crippen LogP contribution >= 0.6 is 11.6 Å². The van der Waals surface area contributed by atoms with Crippen LogP contribution in [0.5, 0.6) is 0 Å². The van der Waals surface area contributed by atoms with Gasteiger partial charge in [-0.25, -0.2) is 5.06 Å². The SMILES string of the molecule is CNC(=O)[C@H](Cc1ccc(Cl)cc1)N(O)C(=O)CCC(C)C. The van der Waals surface area contributed by atoms with E-state index in [4.69, 9.17) is 11.6 Å². The lowest BCUT2D eigenvalue weighted by molar-refractivity contribution is -0.180. The number of carbonyl (C=O) groups excluding carboxylic acids is 2. The van der Waals surface area contributed by atoms with Crippen LogP contribution in [0.3, 0.4) is 0 Å². The molecule has 1 aromatic carbocycles. The van der Waals surface area contributed by atoms with E-state index in [1.807, 2.05) is 13.8 Å². The van der Waals surface area contributed by atoms with Crippen molar-refractivity contribution in [2.45, 2.75) is 39.2 Å². The van der Waals surface area contributed by atoms with E-state index < -0.39 is 17.9 Å². The Labute approximate surface area is 136 Å². The van der Waals surface area contributed by atoms with Crippen molar-refractivity contribution >= 4 is 23.4 Å². The summed E-state index contributed by atoms with van der Waals surface area (Å²) < 4.78 is 0. The summed E-state index contributed by atoms with van der Waals surface area (Å²) in [6.07, 6.45) is 1.10. The number of amides is 2. The van der Waals surface area contributed by atoms with Crippen LogP contribution < -0.4 is 5.32 Å². The molecule has 2 N–H and O–H groups in total. The van der Waals surface area contributed by atoms with Gasteiger partial charge in [0.05, 0.1) is 0 Å². The molecule has 0 spiro atoms. The van der Waals surface area contributed by atoms with Crippen LogP contribution in [0.15, 0.2) is 24.3 Å². The minimum absolute atomic E-state index is 0.211. The smallest absolute Gasteiger partial charge is 0.246 e. The van der Waals surface area contributed by atoms with E-state index in [9.17, 15) is 14.8 Å². The van der Waals surface area contributed by atoms with Crippen molar-refractivity contribution in [3.8, 4) is 0 Å². The third-order valence-corrected chi connectivity index (χ3v) is 3.63. The Morgan fingerprint density at radius 1 is 1.27 bits per heavy atom. The third kappa shape index (κ3) is 5.66. The van der Waals surface area contributed by atoms with Gasteiger partial charge in [-0.15, -0.1) is 0 Å². The fourth-order valence-corrected chi connectivity index (χ4v) is 2.13. The molecular formula is C16H23ClN2O3. The molecule has 0 aliphatic carbocycles. The van der Waals surface area contributed by atoms with Crippen LogP contribution in [-0.2, 0) is 16.0 Å². The molecule has 1 rings (SSSR count). The van der Waals surface area contributed by atoms with E-state index in [2.05, 4.69) is 5.32 Å². The van der Waals surface area contributed by atoms with Gasteiger partial charge in [-0.2, -0.15) is 0 Å². The lowest BCUT2D eigenvalue weighted by Crippen LogP contribution is -2.48. The Morgan fingerprint density at radius 3 is 2.36 bits per heavy atom. The number of rotatable bonds is 7. The van der Waals surface area contributed by atoms with Crippen molar-refractivity contribution in [1.82, 2.24) is 10.4 Å². The summed E-state index contributed by atoms with van der Waals surface area (Å²) in [5.74, 6) is -0.501. The highest BCUT2D eigenvalue weighted by molar-refractivity contribution is 6.30.